The third kappa shape index (κ3) is 4.06. The number of carbonyl (C=O) groups excluding carboxylic acids is 1. The molecule has 31 heavy (non-hydrogen) atoms. The van der Waals surface area contributed by atoms with Crippen molar-refractivity contribution in [2.75, 3.05) is 4.90 Å². The van der Waals surface area contributed by atoms with Crippen LogP contribution < -0.4 is 10.5 Å². The molecule has 0 saturated carbocycles. The van der Waals surface area contributed by atoms with Gasteiger partial charge < -0.3 is 9.88 Å². The molecule has 4 rings (SSSR count). The van der Waals surface area contributed by atoms with Crippen LogP contribution in [0.5, 0.6) is 0 Å². The van der Waals surface area contributed by atoms with Crippen LogP contribution in [0.25, 0.3) is 10.9 Å². The summed E-state index contributed by atoms with van der Waals surface area (Å²) in [6.07, 6.45) is 0. The van der Waals surface area contributed by atoms with Crippen LogP contribution in [0, 0.1) is 17.0 Å². The fraction of sp³-hybridized carbons (Fsp3) is 0.0833. The molecular formula is C24H19N3O4. The molecule has 0 aliphatic rings. The molecule has 1 amide bonds. The lowest BCUT2D eigenvalue weighted by Gasteiger charge is -2.24. The van der Waals surface area contributed by atoms with Crippen LogP contribution in [0.2, 0.25) is 0 Å². The predicted molar refractivity (Wildman–Crippen MR) is 119 cm³/mol. The molecule has 0 saturated heterocycles. The quantitative estimate of drug-likeness (QED) is 0.382. The number of hydrogen-bond donors (Lipinski definition) is 1. The number of nitrogens with one attached hydrogen (secondary N) is 1. The van der Waals surface area contributed by atoms with Gasteiger partial charge in [0.25, 0.3) is 17.2 Å². The lowest BCUT2D eigenvalue weighted by molar-refractivity contribution is -0.384. The first-order valence-corrected chi connectivity index (χ1v) is 9.67. The highest BCUT2D eigenvalue weighted by Crippen LogP contribution is 2.25. The Kier molecular flexibility index (Phi) is 5.32. The van der Waals surface area contributed by atoms with E-state index in [2.05, 4.69) is 4.98 Å². The van der Waals surface area contributed by atoms with Crippen LogP contribution in [-0.2, 0) is 6.54 Å². The number of amides is 1. The van der Waals surface area contributed by atoms with Crippen molar-refractivity contribution in [3.05, 3.63) is 116 Å². The van der Waals surface area contributed by atoms with Gasteiger partial charge in [0.2, 0.25) is 0 Å². The number of nitro groups is 1. The van der Waals surface area contributed by atoms with E-state index in [1.807, 2.05) is 55.5 Å². The van der Waals surface area contributed by atoms with E-state index < -0.39 is 4.92 Å². The largest absolute Gasteiger partial charge is 0.322 e. The number of hydrogen-bond acceptors (Lipinski definition) is 4. The molecule has 0 radical (unpaired) electrons. The molecule has 1 heterocycles. The van der Waals surface area contributed by atoms with Gasteiger partial charge in [-0.25, -0.2) is 0 Å². The van der Waals surface area contributed by atoms with Crippen LogP contribution >= 0.6 is 0 Å². The fourth-order valence-corrected chi connectivity index (χ4v) is 3.49. The average molecular weight is 413 g/mol. The van der Waals surface area contributed by atoms with E-state index in [1.165, 1.54) is 29.2 Å². The maximum Gasteiger partial charge on any atom is 0.269 e. The Hall–Kier alpha value is -4.26. The van der Waals surface area contributed by atoms with Gasteiger partial charge in [-0.3, -0.25) is 19.7 Å². The Bertz CT molecular complexity index is 1340. The number of para-hydroxylation sites is 2. The Balaban J connectivity index is 1.77. The van der Waals surface area contributed by atoms with Crippen molar-refractivity contribution in [2.24, 2.45) is 0 Å². The number of non-ortho nitro benzene ring substituents is 1. The van der Waals surface area contributed by atoms with Crippen LogP contribution in [0.3, 0.4) is 0 Å². The van der Waals surface area contributed by atoms with E-state index in [0.29, 0.717) is 16.8 Å². The number of nitrogens with zero attached hydrogens (tertiary/aromatic N) is 2. The maximum absolute atomic E-state index is 13.4. The molecule has 0 spiro atoms. The van der Waals surface area contributed by atoms with Gasteiger partial charge in [-0.1, -0.05) is 36.4 Å². The van der Waals surface area contributed by atoms with Gasteiger partial charge in [0.05, 0.1) is 11.5 Å². The lowest BCUT2D eigenvalue weighted by Crippen LogP contribution is -2.33. The highest BCUT2D eigenvalue weighted by atomic mass is 16.6. The Morgan fingerprint density at radius 1 is 1.00 bits per heavy atom. The summed E-state index contributed by atoms with van der Waals surface area (Å²) in [5, 5.41) is 11.8. The average Bonchev–Trinajstić information content (AvgIpc) is 2.78. The molecule has 7 heteroatoms. The Morgan fingerprint density at radius 2 is 1.68 bits per heavy atom. The second-order valence-corrected chi connectivity index (χ2v) is 7.19. The molecule has 0 aliphatic heterocycles. The number of aryl methyl sites for hydroxylation is 1. The number of aromatic amines is 1. The molecule has 7 nitrogen and oxygen atoms in total. The number of nitro benzene ring substituents is 1. The summed E-state index contributed by atoms with van der Waals surface area (Å²) in [7, 11) is 0. The number of fused-ring (bicyclic) bond motifs is 1. The minimum absolute atomic E-state index is 0.0564. The van der Waals surface area contributed by atoms with Crippen molar-refractivity contribution in [3.8, 4) is 0 Å². The van der Waals surface area contributed by atoms with E-state index in [1.54, 1.807) is 6.07 Å². The number of pyridine rings is 1. The molecule has 1 aromatic heterocycles. The molecule has 4 aromatic rings. The zero-order valence-corrected chi connectivity index (χ0v) is 16.7. The van der Waals surface area contributed by atoms with Crippen molar-refractivity contribution in [3.63, 3.8) is 0 Å². The van der Waals surface area contributed by atoms with E-state index >= 15 is 0 Å². The minimum Gasteiger partial charge on any atom is -0.322 e. The molecule has 0 atom stereocenters. The number of rotatable bonds is 5. The summed E-state index contributed by atoms with van der Waals surface area (Å²) < 4.78 is 0. The van der Waals surface area contributed by atoms with Crippen molar-refractivity contribution in [1.29, 1.82) is 0 Å². The molecule has 0 aliphatic carbocycles. The zero-order valence-electron chi connectivity index (χ0n) is 16.7. The van der Waals surface area contributed by atoms with Crippen molar-refractivity contribution in [1.82, 2.24) is 4.98 Å². The van der Waals surface area contributed by atoms with E-state index in [4.69, 9.17) is 0 Å². The number of benzene rings is 3. The highest BCUT2D eigenvalue weighted by molar-refractivity contribution is 6.06. The standard InChI is InChI=1S/C24H19N3O4/c1-16-6-2-5-9-22(16)26(24(29)17-10-12-20(13-11-17)27(30)31)15-19-14-18-7-3-4-8-21(18)25-23(19)28/h2-14H,15H2,1H3,(H,25,28). The van der Waals surface area contributed by atoms with Gasteiger partial charge in [-0.2, -0.15) is 0 Å². The van der Waals surface area contributed by atoms with Gasteiger partial charge >= 0.3 is 0 Å². The highest BCUT2D eigenvalue weighted by Gasteiger charge is 2.22. The molecule has 3 aromatic carbocycles. The van der Waals surface area contributed by atoms with E-state index in [9.17, 15) is 19.7 Å². The summed E-state index contributed by atoms with van der Waals surface area (Å²) in [5.74, 6) is -0.350. The van der Waals surface area contributed by atoms with Gasteiger partial charge in [-0.15, -0.1) is 0 Å². The maximum atomic E-state index is 13.4. The lowest BCUT2D eigenvalue weighted by atomic mass is 10.1. The summed E-state index contributed by atoms with van der Waals surface area (Å²) in [6.45, 7) is 1.94. The van der Waals surface area contributed by atoms with Gasteiger partial charge in [0.1, 0.15) is 0 Å². The van der Waals surface area contributed by atoms with Gasteiger partial charge in [0, 0.05) is 34.5 Å². The third-order valence-corrected chi connectivity index (χ3v) is 5.14. The van der Waals surface area contributed by atoms with Crippen LogP contribution in [0.15, 0.2) is 83.7 Å². The number of anilines is 1. The first kappa shape index (κ1) is 20.0. The van der Waals surface area contributed by atoms with Gasteiger partial charge in [0.15, 0.2) is 0 Å². The number of carbonyl (C=O) groups is 1. The zero-order chi connectivity index (χ0) is 22.0. The van der Waals surface area contributed by atoms with Crippen molar-refractivity contribution in [2.45, 2.75) is 13.5 Å². The predicted octanol–water partition coefficient (Wildman–Crippen LogP) is 4.59. The normalized spacial score (nSPS) is 10.7. The monoisotopic (exact) mass is 413 g/mol. The minimum atomic E-state index is -0.512. The summed E-state index contributed by atoms with van der Waals surface area (Å²) in [5.41, 5.74) is 2.64. The molecule has 0 bridgehead atoms. The van der Waals surface area contributed by atoms with Crippen LogP contribution in [-0.4, -0.2) is 15.8 Å². The topological polar surface area (TPSA) is 96.3 Å². The molecule has 1 N–H and O–H groups in total. The van der Waals surface area contributed by atoms with E-state index in [-0.39, 0.29) is 23.7 Å². The Labute approximate surface area is 177 Å². The fourth-order valence-electron chi connectivity index (χ4n) is 3.49. The molecule has 154 valence electrons. The third-order valence-electron chi connectivity index (χ3n) is 5.14. The number of aromatic nitrogens is 1. The molecule has 0 fully saturated rings. The molecular weight excluding hydrogens is 394 g/mol. The summed E-state index contributed by atoms with van der Waals surface area (Å²) in [6, 6.07) is 22.1. The Morgan fingerprint density at radius 3 is 2.39 bits per heavy atom. The molecule has 0 unspecified atom stereocenters. The summed E-state index contributed by atoms with van der Waals surface area (Å²) >= 11 is 0. The van der Waals surface area contributed by atoms with E-state index in [0.717, 1.165) is 16.5 Å². The SMILES string of the molecule is Cc1ccccc1N(Cc1cc2ccccc2[nH]c1=O)C(=O)c1ccc([N+](=O)[O-])cc1. The van der Waals surface area contributed by atoms with Gasteiger partial charge in [-0.05, 0) is 48.2 Å². The van der Waals surface area contributed by atoms with Crippen LogP contribution in [0.4, 0.5) is 11.4 Å². The first-order valence-electron chi connectivity index (χ1n) is 9.67. The van der Waals surface area contributed by atoms with Crippen molar-refractivity contribution >= 4 is 28.2 Å². The van der Waals surface area contributed by atoms with Crippen molar-refractivity contribution < 1.29 is 9.72 Å². The second-order valence-electron chi connectivity index (χ2n) is 7.19. The second kappa shape index (κ2) is 8.23. The first-order chi connectivity index (χ1) is 14.9. The van der Waals surface area contributed by atoms with Crippen LogP contribution in [0.1, 0.15) is 21.5 Å². The number of H-pyrrole nitrogens is 1. The summed E-state index contributed by atoms with van der Waals surface area (Å²) in [4.78, 5) is 40.9. The smallest absolute Gasteiger partial charge is 0.269 e.